The van der Waals surface area contributed by atoms with Gasteiger partial charge in [-0.05, 0) is 53.1 Å². The number of amides is 2. The Morgan fingerprint density at radius 2 is 1.85 bits per heavy atom. The number of unbranched alkanes of at least 4 members (excludes halogenated alkanes) is 1. The lowest BCUT2D eigenvalue weighted by atomic mass is 9.93. The normalized spacial score (nSPS) is 15.2. The second-order valence-corrected chi connectivity index (χ2v) is 9.86. The lowest BCUT2D eigenvalue weighted by molar-refractivity contribution is -0.141. The highest BCUT2D eigenvalue weighted by Gasteiger charge is 2.33. The lowest BCUT2D eigenvalue weighted by Gasteiger charge is -2.37. The number of carbonyl (C=O) groups excluding carboxylic acids is 2. The molecule has 172 valence electrons. The third-order valence-corrected chi connectivity index (χ3v) is 7.38. The van der Waals surface area contributed by atoms with Crippen LogP contribution in [0.15, 0.2) is 66.0 Å². The topological polar surface area (TPSA) is 40.6 Å². The van der Waals surface area contributed by atoms with Crippen LogP contribution >= 0.6 is 22.9 Å². The van der Waals surface area contributed by atoms with Gasteiger partial charge in [-0.15, -0.1) is 11.3 Å². The van der Waals surface area contributed by atoms with E-state index < -0.39 is 0 Å². The first-order valence-electron chi connectivity index (χ1n) is 11.5. The fourth-order valence-corrected chi connectivity index (χ4v) is 5.40. The van der Waals surface area contributed by atoms with Crippen molar-refractivity contribution in [3.8, 4) is 0 Å². The Kier molecular flexibility index (Phi) is 7.84. The van der Waals surface area contributed by atoms with E-state index in [1.807, 2.05) is 59.5 Å². The second-order valence-electron chi connectivity index (χ2n) is 8.42. The fraction of sp³-hybridized carbons (Fsp3) is 0.333. The zero-order valence-corrected chi connectivity index (χ0v) is 20.4. The number of benzene rings is 2. The van der Waals surface area contributed by atoms with Crippen LogP contribution in [0, 0.1) is 0 Å². The molecule has 0 aliphatic carbocycles. The summed E-state index contributed by atoms with van der Waals surface area (Å²) in [6.45, 7) is 3.45. The van der Waals surface area contributed by atoms with Gasteiger partial charge in [0.25, 0.3) is 0 Å². The third-order valence-electron chi connectivity index (χ3n) is 6.13. The molecule has 0 N–H and O–H groups in total. The monoisotopic (exact) mass is 480 g/mol. The SMILES string of the molecule is CCCCN(CC(=O)N1CCc2sccc2C1c1ccc(Cl)cc1)C(=O)Cc1ccccc1. The molecule has 6 heteroatoms. The Labute approximate surface area is 204 Å². The summed E-state index contributed by atoms with van der Waals surface area (Å²) in [6.07, 6.45) is 3.00. The summed E-state index contributed by atoms with van der Waals surface area (Å²) in [5.74, 6) is -0.0106. The summed E-state index contributed by atoms with van der Waals surface area (Å²) in [7, 11) is 0. The minimum atomic E-state index is -0.151. The Balaban J connectivity index is 1.55. The van der Waals surface area contributed by atoms with Crippen molar-refractivity contribution < 1.29 is 9.59 Å². The number of halogens is 1. The molecule has 0 radical (unpaired) electrons. The Morgan fingerprint density at radius 1 is 1.09 bits per heavy atom. The van der Waals surface area contributed by atoms with Crippen molar-refractivity contribution >= 4 is 34.8 Å². The molecule has 1 aromatic heterocycles. The van der Waals surface area contributed by atoms with Crippen LogP contribution in [-0.4, -0.2) is 41.2 Å². The van der Waals surface area contributed by atoms with Gasteiger partial charge in [-0.2, -0.15) is 0 Å². The Bertz CT molecular complexity index is 1080. The van der Waals surface area contributed by atoms with E-state index in [0.29, 0.717) is 24.5 Å². The molecule has 1 aliphatic heterocycles. The van der Waals surface area contributed by atoms with Gasteiger partial charge in [0.05, 0.1) is 19.0 Å². The van der Waals surface area contributed by atoms with Gasteiger partial charge in [0.1, 0.15) is 0 Å². The molecule has 33 heavy (non-hydrogen) atoms. The van der Waals surface area contributed by atoms with E-state index in [0.717, 1.165) is 30.4 Å². The summed E-state index contributed by atoms with van der Waals surface area (Å²) in [5, 5.41) is 2.77. The van der Waals surface area contributed by atoms with Crippen molar-refractivity contribution in [1.29, 1.82) is 0 Å². The van der Waals surface area contributed by atoms with Crippen molar-refractivity contribution in [2.75, 3.05) is 19.6 Å². The van der Waals surface area contributed by atoms with Crippen LogP contribution in [0.3, 0.4) is 0 Å². The zero-order chi connectivity index (χ0) is 23.2. The molecule has 1 aliphatic rings. The molecule has 0 saturated heterocycles. The summed E-state index contributed by atoms with van der Waals surface area (Å²) in [5.41, 5.74) is 3.19. The molecule has 4 rings (SSSR count). The van der Waals surface area contributed by atoms with Crippen LogP contribution in [0.25, 0.3) is 0 Å². The predicted molar refractivity (Wildman–Crippen MR) is 135 cm³/mol. The molecule has 0 saturated carbocycles. The van der Waals surface area contributed by atoms with Gasteiger partial charge in [0.2, 0.25) is 11.8 Å². The molecule has 0 spiro atoms. The summed E-state index contributed by atoms with van der Waals surface area (Å²) >= 11 is 7.87. The molecule has 2 aromatic carbocycles. The van der Waals surface area contributed by atoms with E-state index in [1.54, 1.807) is 16.2 Å². The van der Waals surface area contributed by atoms with Crippen LogP contribution in [0.5, 0.6) is 0 Å². The van der Waals surface area contributed by atoms with Gasteiger partial charge in [0, 0.05) is 23.0 Å². The van der Waals surface area contributed by atoms with Crippen LogP contribution in [0.2, 0.25) is 5.02 Å². The van der Waals surface area contributed by atoms with E-state index in [2.05, 4.69) is 18.4 Å². The standard InChI is InChI=1S/C27H29ClN2O2S/c1-2-3-15-29(25(31)18-20-7-5-4-6-8-20)19-26(32)30-16-13-24-23(14-17-33-24)27(30)21-9-11-22(28)12-10-21/h4-12,14,17,27H,2-3,13,15-16,18-19H2,1H3. The Hall–Kier alpha value is -2.63. The Morgan fingerprint density at radius 3 is 2.58 bits per heavy atom. The zero-order valence-electron chi connectivity index (χ0n) is 18.9. The molecule has 2 heterocycles. The first-order valence-corrected chi connectivity index (χ1v) is 12.8. The minimum absolute atomic E-state index is 0.000672. The molecular formula is C27H29ClN2O2S. The van der Waals surface area contributed by atoms with Gasteiger partial charge in [-0.1, -0.05) is 67.4 Å². The smallest absolute Gasteiger partial charge is 0.242 e. The number of carbonyl (C=O) groups is 2. The first-order chi connectivity index (χ1) is 16.1. The highest BCUT2D eigenvalue weighted by atomic mass is 35.5. The number of thiophene rings is 1. The molecule has 1 unspecified atom stereocenters. The average Bonchev–Trinajstić information content (AvgIpc) is 3.31. The number of rotatable bonds is 8. The fourth-order valence-electron chi connectivity index (χ4n) is 4.37. The summed E-state index contributed by atoms with van der Waals surface area (Å²) < 4.78 is 0. The first kappa shape index (κ1) is 23.5. The van der Waals surface area contributed by atoms with Crippen molar-refractivity contribution in [2.24, 2.45) is 0 Å². The third kappa shape index (κ3) is 5.66. The molecular weight excluding hydrogens is 452 g/mol. The second kappa shape index (κ2) is 11.0. The van der Waals surface area contributed by atoms with Crippen molar-refractivity contribution in [1.82, 2.24) is 9.80 Å². The van der Waals surface area contributed by atoms with Crippen LogP contribution in [0.4, 0.5) is 0 Å². The van der Waals surface area contributed by atoms with Crippen LogP contribution < -0.4 is 0 Å². The highest BCUT2D eigenvalue weighted by Crippen LogP contribution is 2.38. The quantitative estimate of drug-likeness (QED) is 0.412. The van der Waals surface area contributed by atoms with Gasteiger partial charge in [-0.3, -0.25) is 9.59 Å². The molecule has 1 atom stereocenters. The highest BCUT2D eigenvalue weighted by molar-refractivity contribution is 7.10. The summed E-state index contributed by atoms with van der Waals surface area (Å²) in [6, 6.07) is 19.4. The van der Waals surface area contributed by atoms with E-state index >= 15 is 0 Å². The largest absolute Gasteiger partial charge is 0.333 e. The summed E-state index contributed by atoms with van der Waals surface area (Å²) in [4.78, 5) is 31.7. The van der Waals surface area contributed by atoms with E-state index in [9.17, 15) is 9.59 Å². The maximum atomic E-state index is 13.6. The van der Waals surface area contributed by atoms with Gasteiger partial charge >= 0.3 is 0 Å². The number of hydrogen-bond acceptors (Lipinski definition) is 3. The maximum absolute atomic E-state index is 13.6. The number of nitrogens with zero attached hydrogens (tertiary/aromatic N) is 2. The van der Waals surface area contributed by atoms with E-state index in [-0.39, 0.29) is 24.4 Å². The molecule has 2 amide bonds. The molecule has 0 bridgehead atoms. The van der Waals surface area contributed by atoms with Crippen molar-refractivity contribution in [3.05, 3.63) is 92.6 Å². The van der Waals surface area contributed by atoms with Gasteiger partial charge in [0.15, 0.2) is 0 Å². The minimum Gasteiger partial charge on any atom is -0.333 e. The molecule has 3 aromatic rings. The maximum Gasteiger partial charge on any atom is 0.242 e. The van der Waals surface area contributed by atoms with Crippen molar-refractivity contribution in [3.63, 3.8) is 0 Å². The molecule has 4 nitrogen and oxygen atoms in total. The number of fused-ring (bicyclic) bond motifs is 1. The van der Waals surface area contributed by atoms with Gasteiger partial charge in [-0.25, -0.2) is 0 Å². The average molecular weight is 481 g/mol. The van der Waals surface area contributed by atoms with Gasteiger partial charge < -0.3 is 9.80 Å². The van der Waals surface area contributed by atoms with Crippen molar-refractivity contribution in [2.45, 2.75) is 38.6 Å². The van der Waals surface area contributed by atoms with E-state index in [4.69, 9.17) is 11.6 Å². The number of hydrogen-bond donors (Lipinski definition) is 0. The lowest BCUT2D eigenvalue weighted by Crippen LogP contribution is -2.47. The van der Waals surface area contributed by atoms with Crippen LogP contribution in [0.1, 0.15) is 47.4 Å². The molecule has 0 fully saturated rings. The van der Waals surface area contributed by atoms with E-state index in [1.165, 1.54) is 10.4 Å². The predicted octanol–water partition coefficient (Wildman–Crippen LogP) is 5.75. The van der Waals surface area contributed by atoms with Crippen LogP contribution in [-0.2, 0) is 22.4 Å².